The van der Waals surface area contributed by atoms with Gasteiger partial charge in [0.2, 0.25) is 0 Å². The van der Waals surface area contributed by atoms with Crippen molar-refractivity contribution >= 4 is 11.3 Å². The van der Waals surface area contributed by atoms with E-state index in [9.17, 15) is 0 Å². The first-order valence-electron chi connectivity index (χ1n) is 3.92. The number of nitrogens with zero attached hydrogens (tertiary/aromatic N) is 2. The average Bonchev–Trinajstić information content (AvgIpc) is 2.50. The summed E-state index contributed by atoms with van der Waals surface area (Å²) in [4.78, 5) is 4.23. The molecule has 0 atom stereocenters. The quantitative estimate of drug-likeness (QED) is 0.689. The number of aryl methyl sites for hydroxylation is 1. The molecule has 0 aliphatic rings. The Labute approximate surface area is 71.0 Å². The first kappa shape index (κ1) is 7.16. The summed E-state index contributed by atoms with van der Waals surface area (Å²) in [5, 5.41) is 3.11. The number of imidazole rings is 1. The molecule has 2 heterocycles. The molecule has 2 aromatic heterocycles. The molecule has 0 spiro atoms. The van der Waals surface area contributed by atoms with E-state index in [-0.39, 0.29) is 0 Å². The van der Waals surface area contributed by atoms with Gasteiger partial charge in [0.25, 0.3) is 0 Å². The van der Waals surface area contributed by atoms with Crippen molar-refractivity contribution in [1.82, 2.24) is 9.38 Å². The Morgan fingerprint density at radius 2 is 2.33 bits per heavy atom. The van der Waals surface area contributed by atoms with E-state index >= 15 is 0 Å². The summed E-state index contributed by atoms with van der Waals surface area (Å²) in [6.07, 6.45) is 5.81. The van der Waals surface area contributed by atoms with Gasteiger partial charge >= 0.3 is 0 Å². The van der Waals surface area contributed by atoms with Crippen LogP contribution in [0.25, 0.3) is 5.65 Å². The smallest absolute Gasteiger partial charge is 0.160 e. The molecule has 0 bridgehead atoms. The Morgan fingerprint density at radius 3 is 3.08 bits per heavy atom. The summed E-state index contributed by atoms with van der Waals surface area (Å²) < 4.78 is 2.02. The molecule has 0 radical (unpaired) electrons. The summed E-state index contributed by atoms with van der Waals surface area (Å²) in [5.74, 6) is 0. The summed E-state index contributed by atoms with van der Waals surface area (Å²) in [7, 11) is 1.91. The molecule has 3 nitrogen and oxygen atoms in total. The summed E-state index contributed by atoms with van der Waals surface area (Å²) in [6.45, 7) is 2.07. The van der Waals surface area contributed by atoms with E-state index in [0.717, 1.165) is 11.3 Å². The van der Waals surface area contributed by atoms with Crippen molar-refractivity contribution in [3.05, 3.63) is 30.2 Å². The van der Waals surface area contributed by atoms with Crippen molar-refractivity contribution in [1.29, 1.82) is 0 Å². The third-order valence-corrected chi connectivity index (χ3v) is 1.89. The number of nitrogens with one attached hydrogen (secondary N) is 1. The lowest BCUT2D eigenvalue weighted by Crippen LogP contribution is -1.94. The van der Waals surface area contributed by atoms with Crippen LogP contribution in [0.4, 0.5) is 5.69 Å². The molecule has 0 aliphatic carbocycles. The highest BCUT2D eigenvalue weighted by molar-refractivity contribution is 5.67. The SMILES string of the molecule is CNc1cc(C)cn2ccnc12. The molecule has 62 valence electrons. The van der Waals surface area contributed by atoms with Crippen LogP contribution < -0.4 is 5.32 Å². The molecule has 0 saturated carbocycles. The van der Waals surface area contributed by atoms with E-state index in [1.165, 1.54) is 5.56 Å². The number of rotatable bonds is 1. The predicted octanol–water partition coefficient (Wildman–Crippen LogP) is 1.68. The van der Waals surface area contributed by atoms with E-state index in [1.807, 2.05) is 17.6 Å². The molecule has 2 rings (SSSR count). The fraction of sp³-hybridized carbons (Fsp3) is 0.222. The first-order chi connectivity index (χ1) is 5.81. The molecule has 3 heteroatoms. The van der Waals surface area contributed by atoms with E-state index < -0.39 is 0 Å². The van der Waals surface area contributed by atoms with Crippen molar-refractivity contribution in [3.8, 4) is 0 Å². The van der Waals surface area contributed by atoms with Gasteiger partial charge in [-0.15, -0.1) is 0 Å². The van der Waals surface area contributed by atoms with Crippen LogP contribution >= 0.6 is 0 Å². The number of pyridine rings is 1. The van der Waals surface area contributed by atoms with Crippen molar-refractivity contribution in [2.75, 3.05) is 12.4 Å². The molecule has 2 aromatic rings. The maximum Gasteiger partial charge on any atom is 0.160 e. The third-order valence-electron chi connectivity index (χ3n) is 1.89. The van der Waals surface area contributed by atoms with Gasteiger partial charge < -0.3 is 9.72 Å². The molecule has 0 saturated heterocycles. The second kappa shape index (κ2) is 2.52. The number of aromatic nitrogens is 2. The van der Waals surface area contributed by atoms with Crippen molar-refractivity contribution in [2.45, 2.75) is 6.92 Å². The average molecular weight is 161 g/mol. The van der Waals surface area contributed by atoms with Crippen molar-refractivity contribution in [3.63, 3.8) is 0 Å². The lowest BCUT2D eigenvalue weighted by atomic mass is 10.3. The molecular formula is C9H11N3. The number of hydrogen-bond donors (Lipinski definition) is 1. The van der Waals surface area contributed by atoms with Crippen LogP contribution in [0.1, 0.15) is 5.56 Å². The zero-order valence-electron chi connectivity index (χ0n) is 7.20. The summed E-state index contributed by atoms with van der Waals surface area (Å²) in [5.41, 5.74) is 3.27. The summed E-state index contributed by atoms with van der Waals surface area (Å²) in [6, 6.07) is 2.09. The van der Waals surface area contributed by atoms with Gasteiger partial charge in [0, 0.05) is 25.6 Å². The van der Waals surface area contributed by atoms with Crippen LogP contribution in [-0.2, 0) is 0 Å². The van der Waals surface area contributed by atoms with Gasteiger partial charge in [-0.1, -0.05) is 0 Å². The molecule has 0 amide bonds. The molecule has 12 heavy (non-hydrogen) atoms. The molecule has 0 fully saturated rings. The Kier molecular flexibility index (Phi) is 1.50. The zero-order valence-corrected chi connectivity index (χ0v) is 7.20. The van der Waals surface area contributed by atoms with Gasteiger partial charge in [-0.05, 0) is 18.6 Å². The minimum atomic E-state index is 0.975. The normalized spacial score (nSPS) is 10.5. The summed E-state index contributed by atoms with van der Waals surface area (Å²) >= 11 is 0. The second-order valence-corrected chi connectivity index (χ2v) is 2.84. The highest BCUT2D eigenvalue weighted by Crippen LogP contribution is 2.15. The second-order valence-electron chi connectivity index (χ2n) is 2.84. The van der Waals surface area contributed by atoms with Gasteiger partial charge in [-0.2, -0.15) is 0 Å². The number of hydrogen-bond acceptors (Lipinski definition) is 2. The predicted molar refractivity (Wildman–Crippen MR) is 49.5 cm³/mol. The van der Waals surface area contributed by atoms with Crippen LogP contribution in [0.2, 0.25) is 0 Å². The highest BCUT2D eigenvalue weighted by atomic mass is 15.0. The Morgan fingerprint density at radius 1 is 1.50 bits per heavy atom. The Hall–Kier alpha value is -1.51. The lowest BCUT2D eigenvalue weighted by Gasteiger charge is -2.03. The van der Waals surface area contributed by atoms with Gasteiger partial charge in [0.05, 0.1) is 5.69 Å². The standard InChI is InChI=1S/C9H11N3/c1-7-5-8(10-2)9-11-3-4-12(9)6-7/h3-6,10H,1-2H3. The molecule has 0 aromatic carbocycles. The third kappa shape index (κ3) is 0.942. The monoisotopic (exact) mass is 161 g/mol. The van der Waals surface area contributed by atoms with Crippen LogP contribution in [-0.4, -0.2) is 16.4 Å². The van der Waals surface area contributed by atoms with Gasteiger partial charge in [0.1, 0.15) is 0 Å². The van der Waals surface area contributed by atoms with Crippen molar-refractivity contribution in [2.24, 2.45) is 0 Å². The number of fused-ring (bicyclic) bond motifs is 1. The van der Waals surface area contributed by atoms with Crippen LogP contribution in [0.15, 0.2) is 24.7 Å². The van der Waals surface area contributed by atoms with E-state index in [4.69, 9.17) is 0 Å². The molecular weight excluding hydrogens is 150 g/mol. The fourth-order valence-corrected chi connectivity index (χ4v) is 1.36. The van der Waals surface area contributed by atoms with Crippen LogP contribution in [0.3, 0.4) is 0 Å². The molecule has 1 N–H and O–H groups in total. The molecule has 0 aliphatic heterocycles. The fourth-order valence-electron chi connectivity index (χ4n) is 1.36. The van der Waals surface area contributed by atoms with Crippen LogP contribution in [0, 0.1) is 6.92 Å². The van der Waals surface area contributed by atoms with Gasteiger partial charge in [-0.25, -0.2) is 4.98 Å². The van der Waals surface area contributed by atoms with E-state index in [1.54, 1.807) is 6.20 Å². The highest BCUT2D eigenvalue weighted by Gasteiger charge is 2.00. The minimum Gasteiger partial charge on any atom is -0.385 e. The van der Waals surface area contributed by atoms with E-state index in [0.29, 0.717) is 0 Å². The molecule has 0 unspecified atom stereocenters. The van der Waals surface area contributed by atoms with Crippen LogP contribution in [0.5, 0.6) is 0 Å². The Bertz CT molecular complexity index is 403. The lowest BCUT2D eigenvalue weighted by molar-refractivity contribution is 1.15. The largest absolute Gasteiger partial charge is 0.385 e. The topological polar surface area (TPSA) is 29.3 Å². The van der Waals surface area contributed by atoms with E-state index in [2.05, 4.69) is 29.5 Å². The number of anilines is 1. The maximum absolute atomic E-state index is 4.23. The van der Waals surface area contributed by atoms with Crippen molar-refractivity contribution < 1.29 is 0 Å². The zero-order chi connectivity index (χ0) is 8.55. The van der Waals surface area contributed by atoms with Gasteiger partial charge in [0.15, 0.2) is 5.65 Å². The Balaban J connectivity index is 2.80. The minimum absolute atomic E-state index is 0.975. The first-order valence-corrected chi connectivity index (χ1v) is 3.92. The van der Waals surface area contributed by atoms with Gasteiger partial charge in [-0.3, -0.25) is 0 Å². The maximum atomic E-state index is 4.23.